The third-order valence-corrected chi connectivity index (χ3v) is 4.79. The molecule has 1 amide bonds. The van der Waals surface area contributed by atoms with Crippen molar-refractivity contribution in [1.82, 2.24) is 4.90 Å². The van der Waals surface area contributed by atoms with E-state index in [1.165, 1.54) is 25.0 Å². The van der Waals surface area contributed by atoms with Crippen LogP contribution in [0.5, 0.6) is 0 Å². The second-order valence-corrected chi connectivity index (χ2v) is 7.10. The molecule has 1 saturated carbocycles. The largest absolute Gasteiger partial charge is 0.336 e. The molecular formula is C17H23BrFNO. The molecule has 2 rings (SSSR count). The topological polar surface area (TPSA) is 20.3 Å². The molecule has 0 radical (unpaired) electrons. The Hall–Kier alpha value is -0.900. The first kappa shape index (κ1) is 16.5. The Kier molecular flexibility index (Phi) is 5.80. The Morgan fingerprint density at radius 1 is 1.38 bits per heavy atom. The molecular weight excluding hydrogens is 333 g/mol. The number of hydrogen-bond acceptors (Lipinski definition) is 1. The fraction of sp³-hybridized carbons (Fsp3) is 0.588. The Morgan fingerprint density at radius 3 is 2.62 bits per heavy atom. The van der Waals surface area contributed by atoms with E-state index in [2.05, 4.69) is 29.8 Å². The van der Waals surface area contributed by atoms with E-state index in [1.54, 1.807) is 6.07 Å². The first-order valence-electron chi connectivity index (χ1n) is 7.75. The molecule has 0 heterocycles. The van der Waals surface area contributed by atoms with Gasteiger partial charge < -0.3 is 4.90 Å². The molecule has 0 unspecified atom stereocenters. The highest BCUT2D eigenvalue weighted by atomic mass is 79.9. The van der Waals surface area contributed by atoms with Crippen molar-refractivity contribution < 1.29 is 9.18 Å². The first-order valence-corrected chi connectivity index (χ1v) is 8.54. The third-order valence-electron chi connectivity index (χ3n) is 4.14. The van der Waals surface area contributed by atoms with Crippen LogP contribution in [0.3, 0.4) is 0 Å². The minimum atomic E-state index is -0.326. The third kappa shape index (κ3) is 4.29. The van der Waals surface area contributed by atoms with Crippen molar-refractivity contribution in [3.8, 4) is 0 Å². The summed E-state index contributed by atoms with van der Waals surface area (Å²) in [6, 6.07) is 4.64. The summed E-state index contributed by atoms with van der Waals surface area (Å²) in [6.07, 6.45) is 5.56. The Bertz CT molecular complexity index is 498. The number of carbonyl (C=O) groups is 1. The summed E-state index contributed by atoms with van der Waals surface area (Å²) in [5.74, 6) is 0.265. The van der Waals surface area contributed by atoms with Crippen LogP contribution >= 0.6 is 15.9 Å². The van der Waals surface area contributed by atoms with E-state index in [0.29, 0.717) is 22.0 Å². The molecule has 0 atom stereocenters. The number of benzene rings is 1. The second kappa shape index (κ2) is 7.39. The molecule has 1 aromatic carbocycles. The zero-order chi connectivity index (χ0) is 15.4. The molecule has 116 valence electrons. The van der Waals surface area contributed by atoms with Crippen molar-refractivity contribution in [3.05, 3.63) is 34.1 Å². The summed E-state index contributed by atoms with van der Waals surface area (Å²) in [7, 11) is 0. The van der Waals surface area contributed by atoms with Gasteiger partial charge in [-0.05, 0) is 59.3 Å². The molecule has 1 aliphatic carbocycles. The zero-order valence-electron chi connectivity index (χ0n) is 12.7. The normalized spacial score (nSPS) is 15.7. The van der Waals surface area contributed by atoms with E-state index in [4.69, 9.17) is 0 Å². The van der Waals surface area contributed by atoms with Crippen molar-refractivity contribution in [2.24, 2.45) is 5.92 Å². The van der Waals surface area contributed by atoms with E-state index in [1.807, 2.05) is 4.90 Å². The standard InChI is InChI=1S/C17H23BrFNO/c1-12(2)9-10-20(14-5-3-4-6-14)17(21)15-8-7-13(19)11-16(15)18/h7-8,11-12,14H,3-6,9-10H2,1-2H3. The summed E-state index contributed by atoms with van der Waals surface area (Å²) < 4.78 is 13.8. The maximum absolute atomic E-state index is 13.2. The Balaban J connectivity index is 2.19. The van der Waals surface area contributed by atoms with Crippen LogP contribution in [0.15, 0.2) is 22.7 Å². The van der Waals surface area contributed by atoms with Crippen LogP contribution in [0, 0.1) is 11.7 Å². The van der Waals surface area contributed by atoms with Crippen molar-refractivity contribution in [1.29, 1.82) is 0 Å². The predicted octanol–water partition coefficient (Wildman–Crippen LogP) is 5.02. The summed E-state index contributed by atoms with van der Waals surface area (Å²) in [4.78, 5) is 14.9. The van der Waals surface area contributed by atoms with Gasteiger partial charge in [-0.2, -0.15) is 0 Å². The molecule has 4 heteroatoms. The lowest BCUT2D eigenvalue weighted by molar-refractivity contribution is 0.0671. The monoisotopic (exact) mass is 355 g/mol. The summed E-state index contributed by atoms with van der Waals surface area (Å²) in [5.41, 5.74) is 0.562. The fourth-order valence-electron chi connectivity index (χ4n) is 2.88. The molecule has 0 saturated heterocycles. The van der Waals surface area contributed by atoms with Gasteiger partial charge in [0.15, 0.2) is 0 Å². The van der Waals surface area contributed by atoms with Crippen molar-refractivity contribution in [2.45, 2.75) is 52.0 Å². The quantitative estimate of drug-likeness (QED) is 0.726. The number of rotatable bonds is 5. The smallest absolute Gasteiger partial charge is 0.255 e. The molecule has 1 aromatic rings. The van der Waals surface area contributed by atoms with Gasteiger partial charge in [0.2, 0.25) is 0 Å². The molecule has 0 bridgehead atoms. The molecule has 21 heavy (non-hydrogen) atoms. The predicted molar refractivity (Wildman–Crippen MR) is 86.8 cm³/mol. The molecule has 0 spiro atoms. The highest BCUT2D eigenvalue weighted by Crippen LogP contribution is 2.28. The number of hydrogen-bond donors (Lipinski definition) is 0. The number of nitrogens with zero attached hydrogens (tertiary/aromatic N) is 1. The van der Waals surface area contributed by atoms with Crippen LogP contribution in [-0.4, -0.2) is 23.4 Å². The van der Waals surface area contributed by atoms with E-state index in [0.717, 1.165) is 25.8 Å². The van der Waals surface area contributed by atoms with Crippen molar-refractivity contribution in [2.75, 3.05) is 6.54 Å². The van der Waals surface area contributed by atoms with Crippen molar-refractivity contribution in [3.63, 3.8) is 0 Å². The number of halogens is 2. The van der Waals surface area contributed by atoms with Gasteiger partial charge in [0.05, 0.1) is 5.56 Å². The molecule has 2 nitrogen and oxygen atoms in total. The summed E-state index contributed by atoms with van der Waals surface area (Å²) in [5, 5.41) is 0. The van der Waals surface area contributed by atoms with Gasteiger partial charge in [-0.25, -0.2) is 4.39 Å². The van der Waals surface area contributed by atoms with Gasteiger partial charge in [0.1, 0.15) is 5.82 Å². The molecule has 0 N–H and O–H groups in total. The minimum Gasteiger partial charge on any atom is -0.336 e. The lowest BCUT2D eigenvalue weighted by Gasteiger charge is -2.30. The number of amides is 1. The Labute approximate surface area is 134 Å². The van der Waals surface area contributed by atoms with Crippen LogP contribution in [0.4, 0.5) is 4.39 Å². The van der Waals surface area contributed by atoms with Crippen LogP contribution < -0.4 is 0 Å². The van der Waals surface area contributed by atoms with E-state index >= 15 is 0 Å². The van der Waals surface area contributed by atoms with Crippen LogP contribution in [0.2, 0.25) is 0 Å². The zero-order valence-corrected chi connectivity index (χ0v) is 14.3. The van der Waals surface area contributed by atoms with Gasteiger partial charge in [-0.1, -0.05) is 26.7 Å². The summed E-state index contributed by atoms with van der Waals surface area (Å²) in [6.45, 7) is 5.13. The van der Waals surface area contributed by atoms with Gasteiger partial charge in [-0.3, -0.25) is 4.79 Å². The van der Waals surface area contributed by atoms with Crippen LogP contribution in [0.1, 0.15) is 56.3 Å². The summed E-state index contributed by atoms with van der Waals surface area (Å²) >= 11 is 3.32. The van der Waals surface area contributed by atoms with Crippen LogP contribution in [0.25, 0.3) is 0 Å². The van der Waals surface area contributed by atoms with Gasteiger partial charge in [0.25, 0.3) is 5.91 Å². The highest BCUT2D eigenvalue weighted by Gasteiger charge is 2.28. The lowest BCUT2D eigenvalue weighted by atomic mass is 10.1. The SMILES string of the molecule is CC(C)CCN(C(=O)c1ccc(F)cc1Br)C1CCCC1. The van der Waals surface area contributed by atoms with E-state index < -0.39 is 0 Å². The maximum Gasteiger partial charge on any atom is 0.255 e. The van der Waals surface area contributed by atoms with Gasteiger partial charge >= 0.3 is 0 Å². The maximum atomic E-state index is 13.2. The van der Waals surface area contributed by atoms with Gasteiger partial charge in [-0.15, -0.1) is 0 Å². The molecule has 1 fully saturated rings. The molecule has 0 aliphatic heterocycles. The average molecular weight is 356 g/mol. The highest BCUT2D eigenvalue weighted by molar-refractivity contribution is 9.10. The average Bonchev–Trinajstić information content (AvgIpc) is 2.92. The second-order valence-electron chi connectivity index (χ2n) is 6.24. The number of carbonyl (C=O) groups excluding carboxylic acids is 1. The molecule has 0 aromatic heterocycles. The first-order chi connectivity index (χ1) is 9.99. The van der Waals surface area contributed by atoms with Gasteiger partial charge in [0, 0.05) is 17.1 Å². The van der Waals surface area contributed by atoms with E-state index in [-0.39, 0.29) is 11.7 Å². The van der Waals surface area contributed by atoms with Crippen LogP contribution in [-0.2, 0) is 0 Å². The Morgan fingerprint density at radius 2 is 2.05 bits per heavy atom. The lowest BCUT2D eigenvalue weighted by Crippen LogP contribution is -2.40. The van der Waals surface area contributed by atoms with E-state index in [9.17, 15) is 9.18 Å². The fourth-order valence-corrected chi connectivity index (χ4v) is 3.40. The minimum absolute atomic E-state index is 0.0226. The molecule has 1 aliphatic rings. The van der Waals surface area contributed by atoms with Crippen molar-refractivity contribution >= 4 is 21.8 Å².